The van der Waals surface area contributed by atoms with Crippen LogP contribution in [0.25, 0.3) is 21.3 Å². The van der Waals surface area contributed by atoms with Gasteiger partial charge in [-0.25, -0.2) is 9.78 Å². The van der Waals surface area contributed by atoms with Gasteiger partial charge < -0.3 is 9.84 Å². The van der Waals surface area contributed by atoms with Gasteiger partial charge in [0.15, 0.2) is 10.9 Å². The fourth-order valence-corrected chi connectivity index (χ4v) is 5.34. The second-order valence-corrected chi connectivity index (χ2v) is 8.99. The molecule has 7 heteroatoms. The second kappa shape index (κ2) is 8.76. The van der Waals surface area contributed by atoms with E-state index >= 15 is 0 Å². The van der Waals surface area contributed by atoms with Crippen molar-refractivity contribution in [3.8, 4) is 11.1 Å². The van der Waals surface area contributed by atoms with Gasteiger partial charge in [0.2, 0.25) is 0 Å². The summed E-state index contributed by atoms with van der Waals surface area (Å²) in [6.07, 6.45) is 0. The first-order valence-electron chi connectivity index (χ1n) is 10.9. The highest BCUT2D eigenvalue weighted by molar-refractivity contribution is 7.22. The van der Waals surface area contributed by atoms with Gasteiger partial charge in [-0.2, -0.15) is 0 Å². The zero-order chi connectivity index (χ0) is 23.8. The molecular weight excluding hydrogens is 448 g/mol. The Morgan fingerprint density at radius 1 is 1.09 bits per heavy atom. The van der Waals surface area contributed by atoms with E-state index in [1.807, 2.05) is 79.7 Å². The molecule has 6 nitrogen and oxygen atoms in total. The summed E-state index contributed by atoms with van der Waals surface area (Å²) < 4.78 is 6.17. The Morgan fingerprint density at radius 2 is 1.82 bits per heavy atom. The van der Waals surface area contributed by atoms with Crippen LogP contribution in [0.2, 0.25) is 0 Å². The minimum Gasteiger partial charge on any atom is -0.503 e. The predicted molar refractivity (Wildman–Crippen MR) is 133 cm³/mol. The van der Waals surface area contributed by atoms with Crippen molar-refractivity contribution in [1.82, 2.24) is 4.98 Å². The number of aryl methyl sites for hydroxylation is 1. The third kappa shape index (κ3) is 3.64. The minimum absolute atomic E-state index is 0.0781. The first-order chi connectivity index (χ1) is 16.5. The van der Waals surface area contributed by atoms with Crippen molar-refractivity contribution in [1.29, 1.82) is 0 Å². The molecule has 170 valence electrons. The zero-order valence-electron chi connectivity index (χ0n) is 18.7. The first kappa shape index (κ1) is 21.9. The number of hydrogen-bond donors (Lipinski definition) is 1. The van der Waals surface area contributed by atoms with Gasteiger partial charge in [-0.15, -0.1) is 0 Å². The van der Waals surface area contributed by atoms with Crippen LogP contribution in [0.4, 0.5) is 5.13 Å². The lowest BCUT2D eigenvalue weighted by molar-refractivity contribution is -0.139. The molecule has 0 aliphatic carbocycles. The predicted octanol–water partition coefficient (Wildman–Crippen LogP) is 5.73. The van der Waals surface area contributed by atoms with E-state index in [-0.39, 0.29) is 12.2 Å². The van der Waals surface area contributed by atoms with Gasteiger partial charge in [0.1, 0.15) is 11.6 Å². The monoisotopic (exact) mass is 470 g/mol. The number of benzene rings is 3. The fourth-order valence-electron chi connectivity index (χ4n) is 4.25. The number of esters is 1. The van der Waals surface area contributed by atoms with Crippen LogP contribution in [0.15, 0.2) is 84.1 Å². The molecule has 1 unspecified atom stereocenters. The molecule has 34 heavy (non-hydrogen) atoms. The highest BCUT2D eigenvalue weighted by Gasteiger charge is 2.47. The van der Waals surface area contributed by atoms with E-state index in [0.29, 0.717) is 10.7 Å². The molecule has 1 aliphatic heterocycles. The van der Waals surface area contributed by atoms with Crippen LogP contribution in [0.1, 0.15) is 24.1 Å². The lowest BCUT2D eigenvalue weighted by Crippen LogP contribution is -2.31. The number of aliphatic hydroxyl groups is 1. The molecule has 1 aliphatic rings. The number of aliphatic hydroxyl groups excluding tert-OH is 1. The molecule has 0 bridgehead atoms. The Hall–Kier alpha value is -3.97. The molecule has 0 radical (unpaired) electrons. The van der Waals surface area contributed by atoms with Crippen LogP contribution in [0.5, 0.6) is 0 Å². The number of hydrogen-bond acceptors (Lipinski definition) is 6. The smallest absolute Gasteiger partial charge is 0.340 e. The maximum absolute atomic E-state index is 13.4. The molecule has 1 N–H and O–H groups in total. The van der Waals surface area contributed by atoms with Gasteiger partial charge in [-0.05, 0) is 48.2 Å². The summed E-state index contributed by atoms with van der Waals surface area (Å²) in [5, 5.41) is 11.3. The Kier molecular flexibility index (Phi) is 5.63. The quantitative estimate of drug-likeness (QED) is 0.377. The topological polar surface area (TPSA) is 79.7 Å². The maximum atomic E-state index is 13.4. The standard InChI is InChI=1S/C27H22N2O4S/c1-3-33-26(32)22-23(19-12-8-7-11-18(19)17-9-5-4-6-10-17)29(25(31)24(22)30)27-28-20-14-13-16(2)15-21(20)34-27/h4-15,23,30H,3H2,1-2H3. The van der Waals surface area contributed by atoms with Crippen molar-refractivity contribution >= 4 is 38.6 Å². The van der Waals surface area contributed by atoms with Crippen molar-refractivity contribution in [3.63, 3.8) is 0 Å². The molecule has 0 saturated carbocycles. The molecule has 0 fully saturated rings. The highest BCUT2D eigenvalue weighted by Crippen LogP contribution is 2.46. The van der Waals surface area contributed by atoms with Crippen LogP contribution in [0, 0.1) is 6.92 Å². The summed E-state index contributed by atoms with van der Waals surface area (Å²) in [5.74, 6) is -2.01. The van der Waals surface area contributed by atoms with Crippen LogP contribution in [-0.2, 0) is 14.3 Å². The number of amides is 1. The SMILES string of the molecule is CCOC(=O)C1=C(O)C(=O)N(c2nc3ccc(C)cc3s2)C1c1ccccc1-c1ccccc1. The zero-order valence-corrected chi connectivity index (χ0v) is 19.5. The lowest BCUT2D eigenvalue weighted by Gasteiger charge is -2.26. The van der Waals surface area contributed by atoms with Crippen LogP contribution >= 0.6 is 11.3 Å². The Morgan fingerprint density at radius 3 is 2.59 bits per heavy atom. The molecule has 2 heterocycles. The van der Waals surface area contributed by atoms with Gasteiger partial charge in [-0.3, -0.25) is 9.69 Å². The van der Waals surface area contributed by atoms with E-state index in [4.69, 9.17) is 4.74 Å². The number of carbonyl (C=O) groups excluding carboxylic acids is 2. The Labute approximate surface area is 200 Å². The molecule has 1 aromatic heterocycles. The Bertz CT molecular complexity index is 1440. The number of fused-ring (bicyclic) bond motifs is 1. The van der Waals surface area contributed by atoms with Crippen LogP contribution in [-0.4, -0.2) is 28.6 Å². The van der Waals surface area contributed by atoms with Crippen LogP contribution in [0.3, 0.4) is 0 Å². The average Bonchev–Trinajstić information content (AvgIpc) is 3.37. The van der Waals surface area contributed by atoms with Crippen molar-refractivity contribution < 1.29 is 19.4 Å². The van der Waals surface area contributed by atoms with Gasteiger partial charge in [-0.1, -0.05) is 72.0 Å². The average molecular weight is 471 g/mol. The van der Waals surface area contributed by atoms with Crippen molar-refractivity contribution in [2.24, 2.45) is 0 Å². The van der Waals surface area contributed by atoms with Crippen LogP contribution < -0.4 is 4.90 Å². The minimum atomic E-state index is -0.885. The van der Waals surface area contributed by atoms with E-state index in [1.54, 1.807) is 6.92 Å². The van der Waals surface area contributed by atoms with E-state index in [9.17, 15) is 14.7 Å². The summed E-state index contributed by atoms with van der Waals surface area (Å²) in [6, 6.07) is 22.3. The number of thiazole rings is 1. The van der Waals surface area contributed by atoms with Gasteiger partial charge >= 0.3 is 5.97 Å². The molecule has 5 rings (SSSR count). The van der Waals surface area contributed by atoms with Crippen molar-refractivity contribution in [2.75, 3.05) is 11.5 Å². The molecule has 4 aromatic rings. The number of carbonyl (C=O) groups is 2. The highest BCUT2D eigenvalue weighted by atomic mass is 32.1. The molecule has 0 spiro atoms. The maximum Gasteiger partial charge on any atom is 0.340 e. The van der Waals surface area contributed by atoms with E-state index in [1.165, 1.54) is 16.2 Å². The summed E-state index contributed by atoms with van der Waals surface area (Å²) >= 11 is 1.35. The van der Waals surface area contributed by atoms with E-state index < -0.39 is 23.7 Å². The lowest BCUT2D eigenvalue weighted by atomic mass is 9.91. The number of ether oxygens (including phenoxy) is 1. The van der Waals surface area contributed by atoms with E-state index in [0.717, 1.165) is 26.9 Å². The summed E-state index contributed by atoms with van der Waals surface area (Å²) in [6.45, 7) is 3.80. The summed E-state index contributed by atoms with van der Waals surface area (Å²) in [5.41, 5.74) is 4.22. The number of rotatable bonds is 5. The molecule has 1 amide bonds. The molecular formula is C27H22N2O4S. The largest absolute Gasteiger partial charge is 0.503 e. The normalized spacial score (nSPS) is 15.9. The Balaban J connectivity index is 1.73. The van der Waals surface area contributed by atoms with E-state index in [2.05, 4.69) is 4.98 Å². The van der Waals surface area contributed by atoms with Gasteiger partial charge in [0.25, 0.3) is 5.91 Å². The number of aromatic nitrogens is 1. The van der Waals surface area contributed by atoms with Crippen molar-refractivity contribution in [3.05, 3.63) is 95.3 Å². The molecule has 1 atom stereocenters. The van der Waals surface area contributed by atoms with Gasteiger partial charge in [0, 0.05) is 0 Å². The number of nitrogens with zero attached hydrogens (tertiary/aromatic N) is 2. The van der Waals surface area contributed by atoms with Gasteiger partial charge in [0.05, 0.1) is 16.8 Å². The molecule has 0 saturated heterocycles. The summed E-state index contributed by atoms with van der Waals surface area (Å²) in [7, 11) is 0. The summed E-state index contributed by atoms with van der Waals surface area (Å²) in [4.78, 5) is 32.4. The first-order valence-corrected chi connectivity index (χ1v) is 11.8. The fraction of sp³-hybridized carbons (Fsp3) is 0.148. The van der Waals surface area contributed by atoms with Crippen molar-refractivity contribution in [2.45, 2.75) is 19.9 Å². The third-order valence-electron chi connectivity index (χ3n) is 5.78. The number of anilines is 1. The third-order valence-corrected chi connectivity index (χ3v) is 6.80. The second-order valence-electron chi connectivity index (χ2n) is 7.98. The molecule has 3 aromatic carbocycles.